The Bertz CT molecular complexity index is 554. The Balaban J connectivity index is 2.62. The number of carboxylic acids is 1. The largest absolute Gasteiger partial charge is 0.478 e. The Kier molecular flexibility index (Phi) is 3.02. The van der Waals surface area contributed by atoms with E-state index in [0.717, 1.165) is 9.35 Å². The summed E-state index contributed by atoms with van der Waals surface area (Å²) in [6.45, 7) is 1.73. The number of aromatic carboxylic acids is 1. The van der Waals surface area contributed by atoms with Crippen molar-refractivity contribution >= 4 is 33.2 Å². The van der Waals surface area contributed by atoms with Crippen molar-refractivity contribution in [3.8, 4) is 10.6 Å². The lowest BCUT2D eigenvalue weighted by molar-refractivity contribution is 0.0697. The zero-order chi connectivity index (χ0) is 11.7. The molecule has 2 heterocycles. The lowest BCUT2D eigenvalue weighted by atomic mass is 10.2. The zero-order valence-corrected chi connectivity index (χ0v) is 10.7. The number of carbonyl (C=O) groups is 1. The van der Waals surface area contributed by atoms with Gasteiger partial charge in [0.15, 0.2) is 0 Å². The van der Waals surface area contributed by atoms with Crippen LogP contribution >= 0.6 is 27.3 Å². The van der Waals surface area contributed by atoms with Crippen LogP contribution in [0.2, 0.25) is 0 Å². The van der Waals surface area contributed by atoms with Gasteiger partial charge in [-0.2, -0.15) is 0 Å². The lowest BCUT2D eigenvalue weighted by Gasteiger charge is -2.02. The first-order valence-electron chi connectivity index (χ1n) is 4.39. The van der Waals surface area contributed by atoms with Gasteiger partial charge in [0.25, 0.3) is 0 Å². The molecule has 0 radical (unpaired) electrons. The molecule has 0 fully saturated rings. The Hall–Kier alpha value is -1.27. The van der Waals surface area contributed by atoms with Crippen LogP contribution < -0.4 is 0 Å². The van der Waals surface area contributed by atoms with Crippen molar-refractivity contribution in [1.29, 1.82) is 0 Å². The molecule has 0 aliphatic rings. The number of halogens is 1. The molecule has 0 aromatic carbocycles. The summed E-state index contributed by atoms with van der Waals surface area (Å²) >= 11 is 4.77. The van der Waals surface area contributed by atoms with Gasteiger partial charge in [0.05, 0.1) is 10.6 Å². The summed E-state index contributed by atoms with van der Waals surface area (Å²) < 4.78 is 0.917. The van der Waals surface area contributed by atoms with Gasteiger partial charge in [-0.1, -0.05) is 0 Å². The van der Waals surface area contributed by atoms with Crippen LogP contribution in [0, 0.1) is 6.92 Å². The number of hydrogen-bond acceptors (Lipinski definition) is 4. The molecule has 0 amide bonds. The highest BCUT2D eigenvalue weighted by Crippen LogP contribution is 2.30. The van der Waals surface area contributed by atoms with Crippen LogP contribution in [-0.2, 0) is 0 Å². The average molecular weight is 299 g/mol. The second-order valence-electron chi connectivity index (χ2n) is 3.11. The maximum atomic E-state index is 11.0. The summed E-state index contributed by atoms with van der Waals surface area (Å²) in [5, 5.41) is 10.9. The van der Waals surface area contributed by atoms with Crippen molar-refractivity contribution in [3.05, 3.63) is 33.5 Å². The molecule has 0 atom stereocenters. The zero-order valence-electron chi connectivity index (χ0n) is 8.27. The normalized spacial score (nSPS) is 10.4. The second-order valence-corrected chi connectivity index (χ2v) is 4.94. The summed E-state index contributed by atoms with van der Waals surface area (Å²) in [6, 6.07) is 1.85. The number of aryl methyl sites for hydroxylation is 1. The molecule has 82 valence electrons. The third-order valence-corrected chi connectivity index (χ3v) is 3.64. The molecule has 1 N–H and O–H groups in total. The first kappa shape index (κ1) is 11.2. The van der Waals surface area contributed by atoms with Crippen LogP contribution in [0.3, 0.4) is 0 Å². The smallest absolute Gasteiger partial charge is 0.339 e. The van der Waals surface area contributed by atoms with Crippen molar-refractivity contribution < 1.29 is 9.90 Å². The fourth-order valence-corrected chi connectivity index (χ4v) is 2.68. The average Bonchev–Trinajstić information content (AvgIpc) is 2.64. The van der Waals surface area contributed by atoms with E-state index in [1.54, 1.807) is 6.92 Å². The first-order chi connectivity index (χ1) is 7.58. The van der Waals surface area contributed by atoms with E-state index in [1.807, 2.05) is 11.4 Å². The molecule has 16 heavy (non-hydrogen) atoms. The third kappa shape index (κ3) is 2.12. The van der Waals surface area contributed by atoms with Crippen LogP contribution in [0.1, 0.15) is 16.2 Å². The van der Waals surface area contributed by atoms with E-state index in [0.29, 0.717) is 11.5 Å². The van der Waals surface area contributed by atoms with Crippen LogP contribution in [0.15, 0.2) is 22.1 Å². The predicted octanol–water partition coefficient (Wildman–Crippen LogP) is 2.97. The van der Waals surface area contributed by atoms with E-state index in [4.69, 9.17) is 5.11 Å². The van der Waals surface area contributed by atoms with Gasteiger partial charge in [0.2, 0.25) is 0 Å². The highest BCUT2D eigenvalue weighted by atomic mass is 79.9. The van der Waals surface area contributed by atoms with Gasteiger partial charge in [-0.25, -0.2) is 14.8 Å². The van der Waals surface area contributed by atoms with E-state index >= 15 is 0 Å². The third-order valence-electron chi connectivity index (χ3n) is 1.94. The molecule has 0 aliphatic heterocycles. The van der Waals surface area contributed by atoms with Gasteiger partial charge in [-0.05, 0) is 28.9 Å². The first-order valence-corrected chi connectivity index (χ1v) is 6.06. The summed E-state index contributed by atoms with van der Waals surface area (Å²) in [6.07, 6.45) is 1.34. The molecule has 6 heteroatoms. The Morgan fingerprint density at radius 1 is 1.56 bits per heavy atom. The topological polar surface area (TPSA) is 63.1 Å². The number of nitrogens with zero attached hydrogens (tertiary/aromatic N) is 2. The maximum absolute atomic E-state index is 11.0. The van der Waals surface area contributed by atoms with Gasteiger partial charge < -0.3 is 5.11 Å². The second kappa shape index (κ2) is 4.31. The van der Waals surface area contributed by atoms with Gasteiger partial charge in [-0.15, -0.1) is 11.3 Å². The molecule has 0 spiro atoms. The summed E-state index contributed by atoms with van der Waals surface area (Å²) in [5.41, 5.74) is 0.593. The molecule has 4 nitrogen and oxygen atoms in total. The molecule has 0 saturated heterocycles. The summed E-state index contributed by atoms with van der Waals surface area (Å²) in [5.74, 6) is -0.455. The van der Waals surface area contributed by atoms with Gasteiger partial charge in [0.1, 0.15) is 11.4 Å². The minimum absolute atomic E-state index is 0.125. The van der Waals surface area contributed by atoms with E-state index in [9.17, 15) is 4.79 Å². The van der Waals surface area contributed by atoms with Crippen LogP contribution in [-0.4, -0.2) is 21.0 Å². The van der Waals surface area contributed by atoms with Crippen molar-refractivity contribution in [2.75, 3.05) is 0 Å². The molecule has 0 aliphatic carbocycles. The van der Waals surface area contributed by atoms with E-state index in [1.165, 1.54) is 17.5 Å². The molecular formula is C10H7BrN2O2S. The fourth-order valence-electron chi connectivity index (χ4n) is 1.25. The SMILES string of the molecule is Cc1ncc(C(=O)O)c(-c2cc(Br)cs2)n1. The number of carboxylic acid groups (broad SMARTS) is 1. The van der Waals surface area contributed by atoms with E-state index < -0.39 is 5.97 Å². The predicted molar refractivity (Wildman–Crippen MR) is 64.7 cm³/mol. The molecule has 2 aromatic rings. The van der Waals surface area contributed by atoms with Gasteiger partial charge in [-0.3, -0.25) is 0 Å². The van der Waals surface area contributed by atoms with Crippen molar-refractivity contribution in [2.24, 2.45) is 0 Å². The van der Waals surface area contributed by atoms with Crippen LogP contribution in [0.25, 0.3) is 10.6 Å². The van der Waals surface area contributed by atoms with Gasteiger partial charge in [0, 0.05) is 16.0 Å². The minimum Gasteiger partial charge on any atom is -0.478 e. The Morgan fingerprint density at radius 2 is 2.31 bits per heavy atom. The molecule has 2 rings (SSSR count). The minimum atomic E-state index is -1.01. The standard InChI is InChI=1S/C10H7BrN2O2S/c1-5-12-3-7(10(14)15)9(13-5)8-2-6(11)4-16-8/h2-4H,1H3,(H,14,15). The molecular weight excluding hydrogens is 292 g/mol. The number of rotatable bonds is 2. The monoisotopic (exact) mass is 298 g/mol. The van der Waals surface area contributed by atoms with Crippen molar-refractivity contribution in [3.63, 3.8) is 0 Å². The summed E-state index contributed by atoms with van der Waals surface area (Å²) in [4.78, 5) is 19.9. The highest BCUT2D eigenvalue weighted by Gasteiger charge is 2.15. The van der Waals surface area contributed by atoms with E-state index in [2.05, 4.69) is 25.9 Å². The molecule has 0 saturated carbocycles. The van der Waals surface area contributed by atoms with E-state index in [-0.39, 0.29) is 5.56 Å². The Labute approximate surface area is 104 Å². The molecule has 0 unspecified atom stereocenters. The molecule has 0 bridgehead atoms. The summed E-state index contributed by atoms with van der Waals surface area (Å²) in [7, 11) is 0. The molecule has 2 aromatic heterocycles. The van der Waals surface area contributed by atoms with Crippen molar-refractivity contribution in [2.45, 2.75) is 6.92 Å². The number of hydrogen-bond donors (Lipinski definition) is 1. The van der Waals surface area contributed by atoms with Gasteiger partial charge >= 0.3 is 5.97 Å². The Morgan fingerprint density at radius 3 is 2.88 bits per heavy atom. The number of thiophene rings is 1. The fraction of sp³-hybridized carbons (Fsp3) is 0.100. The number of aromatic nitrogens is 2. The maximum Gasteiger partial charge on any atom is 0.339 e. The lowest BCUT2D eigenvalue weighted by Crippen LogP contribution is -2.03. The van der Waals surface area contributed by atoms with Crippen LogP contribution in [0.4, 0.5) is 0 Å². The van der Waals surface area contributed by atoms with Crippen molar-refractivity contribution in [1.82, 2.24) is 9.97 Å². The highest BCUT2D eigenvalue weighted by molar-refractivity contribution is 9.10. The van der Waals surface area contributed by atoms with Crippen LogP contribution in [0.5, 0.6) is 0 Å². The quantitative estimate of drug-likeness (QED) is 0.926.